The van der Waals surface area contributed by atoms with Crippen molar-refractivity contribution < 1.29 is 9.21 Å². The molecule has 1 amide bonds. The van der Waals surface area contributed by atoms with Crippen LogP contribution in [0.2, 0.25) is 5.02 Å². The van der Waals surface area contributed by atoms with E-state index >= 15 is 0 Å². The van der Waals surface area contributed by atoms with Gasteiger partial charge in [-0.1, -0.05) is 58.8 Å². The van der Waals surface area contributed by atoms with Crippen molar-refractivity contribution in [1.82, 2.24) is 15.5 Å². The van der Waals surface area contributed by atoms with Gasteiger partial charge in [0.25, 0.3) is 5.22 Å². The third kappa shape index (κ3) is 4.86. The minimum Gasteiger partial charge on any atom is -0.411 e. The number of carbonyl (C=O) groups excluding carboxylic acids is 1. The van der Waals surface area contributed by atoms with E-state index in [0.29, 0.717) is 22.7 Å². The van der Waals surface area contributed by atoms with Crippen LogP contribution in [0.25, 0.3) is 11.5 Å². The van der Waals surface area contributed by atoms with E-state index in [1.807, 2.05) is 44.2 Å². The van der Waals surface area contributed by atoms with Crippen LogP contribution >= 0.6 is 23.4 Å². The number of carbonyl (C=O) groups is 1. The molecule has 1 aromatic heterocycles. The molecular formula is C19H18ClN3O2S. The fourth-order valence-electron chi connectivity index (χ4n) is 2.50. The first kappa shape index (κ1) is 18.5. The number of halogens is 1. The number of aryl methyl sites for hydroxylation is 2. The summed E-state index contributed by atoms with van der Waals surface area (Å²) in [5, 5.41) is 11.9. The van der Waals surface area contributed by atoms with E-state index in [-0.39, 0.29) is 11.7 Å². The van der Waals surface area contributed by atoms with Crippen LogP contribution < -0.4 is 5.32 Å². The highest BCUT2D eigenvalue weighted by Crippen LogP contribution is 2.24. The van der Waals surface area contributed by atoms with E-state index in [1.165, 1.54) is 11.8 Å². The zero-order chi connectivity index (χ0) is 18.5. The van der Waals surface area contributed by atoms with Gasteiger partial charge in [0.1, 0.15) is 0 Å². The monoisotopic (exact) mass is 387 g/mol. The quantitative estimate of drug-likeness (QED) is 0.634. The summed E-state index contributed by atoms with van der Waals surface area (Å²) >= 11 is 7.28. The number of nitrogens with one attached hydrogen (secondary N) is 1. The lowest BCUT2D eigenvalue weighted by molar-refractivity contribution is -0.118. The van der Waals surface area contributed by atoms with Crippen molar-refractivity contribution in [1.29, 1.82) is 0 Å². The van der Waals surface area contributed by atoms with E-state index in [0.717, 1.165) is 22.3 Å². The van der Waals surface area contributed by atoms with Crippen molar-refractivity contribution in [2.24, 2.45) is 0 Å². The van der Waals surface area contributed by atoms with Gasteiger partial charge in [-0.25, -0.2) is 0 Å². The Labute approximate surface area is 161 Å². The molecule has 134 valence electrons. The lowest BCUT2D eigenvalue weighted by atomic mass is 10.1. The maximum Gasteiger partial charge on any atom is 0.277 e. The molecule has 2 aromatic carbocycles. The van der Waals surface area contributed by atoms with Gasteiger partial charge in [-0.15, -0.1) is 10.2 Å². The Balaban J connectivity index is 1.54. The molecule has 0 spiro atoms. The molecule has 0 aliphatic rings. The maximum absolute atomic E-state index is 12.0. The number of nitrogens with zero attached hydrogens (tertiary/aromatic N) is 2. The minimum atomic E-state index is -0.124. The molecule has 1 N–H and O–H groups in total. The molecule has 26 heavy (non-hydrogen) atoms. The van der Waals surface area contributed by atoms with E-state index < -0.39 is 0 Å². The molecule has 5 nitrogen and oxygen atoms in total. The second-order valence-electron chi connectivity index (χ2n) is 5.91. The summed E-state index contributed by atoms with van der Waals surface area (Å²) in [6, 6.07) is 13.5. The van der Waals surface area contributed by atoms with Gasteiger partial charge in [0.2, 0.25) is 11.8 Å². The first-order valence-corrected chi connectivity index (χ1v) is 9.42. The largest absolute Gasteiger partial charge is 0.411 e. The number of aromatic nitrogens is 2. The van der Waals surface area contributed by atoms with Crippen molar-refractivity contribution >= 4 is 29.3 Å². The van der Waals surface area contributed by atoms with Crippen LogP contribution in [0.15, 0.2) is 52.1 Å². The van der Waals surface area contributed by atoms with Crippen LogP contribution in [0.4, 0.5) is 0 Å². The maximum atomic E-state index is 12.0. The lowest BCUT2D eigenvalue weighted by Gasteiger charge is -2.05. The number of benzene rings is 2. The van der Waals surface area contributed by atoms with E-state index in [2.05, 4.69) is 21.6 Å². The van der Waals surface area contributed by atoms with E-state index in [4.69, 9.17) is 16.0 Å². The van der Waals surface area contributed by atoms with E-state index in [9.17, 15) is 4.79 Å². The van der Waals surface area contributed by atoms with Gasteiger partial charge in [-0.05, 0) is 37.6 Å². The van der Waals surface area contributed by atoms with Gasteiger partial charge in [-0.2, -0.15) is 0 Å². The van der Waals surface area contributed by atoms with Crippen LogP contribution in [-0.4, -0.2) is 21.9 Å². The third-order valence-electron chi connectivity index (χ3n) is 3.64. The first-order chi connectivity index (χ1) is 12.5. The first-order valence-electron chi connectivity index (χ1n) is 8.06. The van der Waals surface area contributed by atoms with Crippen molar-refractivity contribution in [3.8, 4) is 11.5 Å². The molecule has 0 saturated heterocycles. The third-order valence-corrected chi connectivity index (χ3v) is 4.82. The van der Waals surface area contributed by atoms with Crippen LogP contribution in [-0.2, 0) is 11.3 Å². The molecule has 0 saturated carbocycles. The van der Waals surface area contributed by atoms with E-state index in [1.54, 1.807) is 6.07 Å². The summed E-state index contributed by atoms with van der Waals surface area (Å²) < 4.78 is 5.65. The summed E-state index contributed by atoms with van der Waals surface area (Å²) in [5.74, 6) is 0.524. The fraction of sp³-hybridized carbons (Fsp3) is 0.211. The van der Waals surface area contributed by atoms with Crippen LogP contribution in [0, 0.1) is 13.8 Å². The predicted octanol–water partition coefficient (Wildman–Crippen LogP) is 4.42. The standard InChI is InChI=1S/C19H18ClN3O2S/c1-12-7-13(2)9-15(8-12)18-22-23-19(25-18)26-11-17(24)21-10-14-5-3-4-6-16(14)20/h3-9H,10-11H2,1-2H3,(H,21,24). The molecule has 0 unspecified atom stereocenters. The number of hydrogen-bond acceptors (Lipinski definition) is 5. The summed E-state index contributed by atoms with van der Waals surface area (Å²) in [6.07, 6.45) is 0. The number of thioether (sulfide) groups is 1. The van der Waals surface area contributed by atoms with Crippen molar-refractivity contribution in [3.63, 3.8) is 0 Å². The molecule has 3 aromatic rings. The minimum absolute atomic E-state index is 0.124. The molecule has 0 atom stereocenters. The van der Waals surface area contributed by atoms with Crippen LogP contribution in [0.3, 0.4) is 0 Å². The fourth-order valence-corrected chi connectivity index (χ4v) is 3.29. The second-order valence-corrected chi connectivity index (χ2v) is 7.24. The predicted molar refractivity (Wildman–Crippen MR) is 103 cm³/mol. The Morgan fingerprint density at radius 3 is 2.62 bits per heavy atom. The average Bonchev–Trinajstić information content (AvgIpc) is 3.07. The molecule has 0 aliphatic heterocycles. The summed E-state index contributed by atoms with van der Waals surface area (Å²) in [7, 11) is 0. The smallest absolute Gasteiger partial charge is 0.277 e. The molecule has 0 fully saturated rings. The molecule has 1 heterocycles. The SMILES string of the molecule is Cc1cc(C)cc(-c2nnc(SCC(=O)NCc3ccccc3Cl)o2)c1. The summed E-state index contributed by atoms with van der Waals surface area (Å²) in [6.45, 7) is 4.43. The normalized spacial score (nSPS) is 10.7. The number of amides is 1. The zero-order valence-electron chi connectivity index (χ0n) is 14.5. The Morgan fingerprint density at radius 1 is 1.15 bits per heavy atom. The topological polar surface area (TPSA) is 68.0 Å². The van der Waals surface area contributed by atoms with Gasteiger partial charge in [0, 0.05) is 17.1 Å². The molecule has 0 radical (unpaired) electrons. The van der Waals surface area contributed by atoms with Crippen molar-refractivity contribution in [2.45, 2.75) is 25.6 Å². The molecule has 0 bridgehead atoms. The lowest BCUT2D eigenvalue weighted by Crippen LogP contribution is -2.24. The highest BCUT2D eigenvalue weighted by molar-refractivity contribution is 7.99. The number of hydrogen-bond donors (Lipinski definition) is 1. The highest BCUT2D eigenvalue weighted by atomic mass is 35.5. The van der Waals surface area contributed by atoms with Crippen LogP contribution in [0.5, 0.6) is 0 Å². The molecular weight excluding hydrogens is 370 g/mol. The Morgan fingerprint density at radius 2 is 1.88 bits per heavy atom. The zero-order valence-corrected chi connectivity index (χ0v) is 16.0. The molecule has 0 aliphatic carbocycles. The Bertz CT molecular complexity index is 906. The molecule has 3 rings (SSSR count). The molecule has 7 heteroatoms. The highest BCUT2D eigenvalue weighted by Gasteiger charge is 2.12. The van der Waals surface area contributed by atoms with Gasteiger partial charge in [-0.3, -0.25) is 4.79 Å². The van der Waals surface area contributed by atoms with Gasteiger partial charge in [0.05, 0.1) is 5.75 Å². The van der Waals surface area contributed by atoms with Gasteiger partial charge < -0.3 is 9.73 Å². The average molecular weight is 388 g/mol. The number of rotatable bonds is 6. The van der Waals surface area contributed by atoms with Gasteiger partial charge >= 0.3 is 0 Å². The van der Waals surface area contributed by atoms with Crippen molar-refractivity contribution in [3.05, 3.63) is 64.2 Å². The Kier molecular flexibility index (Phi) is 5.96. The Hall–Kier alpha value is -2.31. The van der Waals surface area contributed by atoms with Crippen molar-refractivity contribution in [2.75, 3.05) is 5.75 Å². The van der Waals surface area contributed by atoms with Gasteiger partial charge in [0.15, 0.2) is 0 Å². The second kappa shape index (κ2) is 8.38. The summed E-state index contributed by atoms with van der Waals surface area (Å²) in [4.78, 5) is 12.0. The summed E-state index contributed by atoms with van der Waals surface area (Å²) in [5.41, 5.74) is 4.02. The van der Waals surface area contributed by atoms with Crippen LogP contribution in [0.1, 0.15) is 16.7 Å².